The van der Waals surface area contributed by atoms with Gasteiger partial charge in [-0.15, -0.1) is 6.58 Å². The van der Waals surface area contributed by atoms with Crippen molar-refractivity contribution in [2.75, 3.05) is 13.1 Å². The number of piperidine rings is 1. The summed E-state index contributed by atoms with van der Waals surface area (Å²) in [6.45, 7) is 5.57. The minimum Gasteiger partial charge on any atom is -0.342 e. The third kappa shape index (κ3) is 4.52. The van der Waals surface area contributed by atoms with Gasteiger partial charge in [0.1, 0.15) is 0 Å². The van der Waals surface area contributed by atoms with E-state index in [9.17, 15) is 4.79 Å². The Morgan fingerprint density at radius 1 is 1.35 bits per heavy atom. The van der Waals surface area contributed by atoms with Crippen LogP contribution in [-0.4, -0.2) is 23.9 Å². The Labute approximate surface area is 122 Å². The summed E-state index contributed by atoms with van der Waals surface area (Å²) in [6, 6.07) is 10.6. The van der Waals surface area contributed by atoms with Crippen molar-refractivity contribution in [3.63, 3.8) is 0 Å². The van der Waals surface area contributed by atoms with Gasteiger partial charge in [-0.3, -0.25) is 4.79 Å². The zero-order chi connectivity index (χ0) is 14.2. The first-order valence-corrected chi connectivity index (χ1v) is 7.72. The van der Waals surface area contributed by atoms with Crippen LogP contribution in [0.15, 0.2) is 43.0 Å². The molecular weight excluding hydrogens is 246 g/mol. The minimum absolute atomic E-state index is 0.300. The number of hydrogen-bond acceptors (Lipinski definition) is 1. The van der Waals surface area contributed by atoms with E-state index in [1.165, 1.54) is 18.4 Å². The van der Waals surface area contributed by atoms with Gasteiger partial charge in [-0.2, -0.15) is 0 Å². The lowest BCUT2D eigenvalue weighted by molar-refractivity contribution is -0.132. The lowest BCUT2D eigenvalue weighted by Gasteiger charge is -2.33. The number of allylic oxidation sites excluding steroid dienone is 1. The quantitative estimate of drug-likeness (QED) is 0.720. The lowest BCUT2D eigenvalue weighted by atomic mass is 9.91. The van der Waals surface area contributed by atoms with Crippen molar-refractivity contribution in [1.82, 2.24) is 4.90 Å². The van der Waals surface area contributed by atoms with E-state index in [2.05, 4.69) is 41.8 Å². The molecule has 1 saturated heterocycles. The average molecular weight is 271 g/mol. The lowest BCUT2D eigenvalue weighted by Crippen LogP contribution is -2.39. The molecule has 1 aromatic rings. The minimum atomic E-state index is 0.300. The van der Waals surface area contributed by atoms with Crippen molar-refractivity contribution in [2.24, 2.45) is 5.92 Å². The maximum absolute atomic E-state index is 12.1. The molecule has 1 amide bonds. The van der Waals surface area contributed by atoms with E-state index >= 15 is 0 Å². The fourth-order valence-corrected chi connectivity index (χ4v) is 2.93. The zero-order valence-corrected chi connectivity index (χ0v) is 12.3. The maximum atomic E-state index is 12.1. The molecule has 1 heterocycles. The first-order valence-electron chi connectivity index (χ1n) is 7.72. The topological polar surface area (TPSA) is 20.3 Å². The summed E-state index contributed by atoms with van der Waals surface area (Å²) in [6.07, 6.45) is 7.97. The fourth-order valence-electron chi connectivity index (χ4n) is 2.93. The van der Waals surface area contributed by atoms with Crippen molar-refractivity contribution in [1.29, 1.82) is 0 Å². The molecule has 0 bridgehead atoms. The Bertz CT molecular complexity index is 426. The van der Waals surface area contributed by atoms with Crippen LogP contribution in [0.4, 0.5) is 0 Å². The van der Waals surface area contributed by atoms with Crippen LogP contribution in [0.1, 0.15) is 37.7 Å². The van der Waals surface area contributed by atoms with Crippen LogP contribution in [-0.2, 0) is 11.2 Å². The Kier molecular flexibility index (Phi) is 5.85. The van der Waals surface area contributed by atoms with Gasteiger partial charge in [0.05, 0.1) is 0 Å². The van der Waals surface area contributed by atoms with E-state index in [0.717, 1.165) is 32.4 Å². The predicted molar refractivity (Wildman–Crippen MR) is 83.5 cm³/mol. The third-order valence-electron chi connectivity index (χ3n) is 4.12. The van der Waals surface area contributed by atoms with Crippen LogP contribution in [0.3, 0.4) is 0 Å². The largest absolute Gasteiger partial charge is 0.342 e. The maximum Gasteiger partial charge on any atom is 0.222 e. The number of nitrogens with zero attached hydrogens (tertiary/aromatic N) is 1. The highest BCUT2D eigenvalue weighted by Crippen LogP contribution is 2.22. The molecule has 1 unspecified atom stereocenters. The molecule has 1 fully saturated rings. The number of aryl methyl sites for hydroxylation is 1. The molecule has 0 radical (unpaired) electrons. The van der Waals surface area contributed by atoms with Gasteiger partial charge in [0.2, 0.25) is 5.91 Å². The Morgan fingerprint density at radius 2 is 2.15 bits per heavy atom. The summed E-state index contributed by atoms with van der Waals surface area (Å²) in [5.41, 5.74) is 1.41. The van der Waals surface area contributed by atoms with Crippen molar-refractivity contribution in [3.05, 3.63) is 48.6 Å². The highest BCUT2D eigenvalue weighted by atomic mass is 16.2. The van der Waals surface area contributed by atoms with Crippen molar-refractivity contribution in [3.8, 4) is 0 Å². The van der Waals surface area contributed by atoms with E-state index in [4.69, 9.17) is 0 Å². The van der Waals surface area contributed by atoms with Gasteiger partial charge in [-0.25, -0.2) is 0 Å². The van der Waals surface area contributed by atoms with Gasteiger partial charge in [0, 0.05) is 19.5 Å². The van der Waals surface area contributed by atoms with Gasteiger partial charge in [0.15, 0.2) is 0 Å². The van der Waals surface area contributed by atoms with E-state index in [1.54, 1.807) is 0 Å². The molecule has 2 nitrogen and oxygen atoms in total. The van der Waals surface area contributed by atoms with Gasteiger partial charge >= 0.3 is 0 Å². The molecule has 2 heteroatoms. The molecular formula is C18H25NO. The van der Waals surface area contributed by atoms with Crippen LogP contribution >= 0.6 is 0 Å². The predicted octanol–water partition coefficient (Wildman–Crippen LogP) is 3.82. The Balaban J connectivity index is 1.78. The van der Waals surface area contributed by atoms with Crippen molar-refractivity contribution >= 4 is 5.91 Å². The molecule has 0 saturated carbocycles. The van der Waals surface area contributed by atoms with Crippen LogP contribution < -0.4 is 0 Å². The normalized spacial score (nSPS) is 18.8. The summed E-state index contributed by atoms with van der Waals surface area (Å²) in [7, 11) is 0. The zero-order valence-electron chi connectivity index (χ0n) is 12.3. The molecule has 1 atom stereocenters. The first kappa shape index (κ1) is 14.8. The molecule has 1 aromatic carbocycles. The summed E-state index contributed by atoms with van der Waals surface area (Å²) >= 11 is 0. The first-order chi connectivity index (χ1) is 9.79. The smallest absolute Gasteiger partial charge is 0.222 e. The fraction of sp³-hybridized carbons (Fsp3) is 0.500. The monoisotopic (exact) mass is 271 g/mol. The number of benzene rings is 1. The molecule has 0 aromatic heterocycles. The molecule has 2 rings (SSSR count). The average Bonchev–Trinajstić information content (AvgIpc) is 2.52. The van der Waals surface area contributed by atoms with Gasteiger partial charge in [0.25, 0.3) is 0 Å². The van der Waals surface area contributed by atoms with E-state index in [1.807, 2.05) is 6.08 Å². The third-order valence-corrected chi connectivity index (χ3v) is 4.12. The highest BCUT2D eigenvalue weighted by molar-refractivity contribution is 5.76. The van der Waals surface area contributed by atoms with Gasteiger partial charge < -0.3 is 4.90 Å². The number of amides is 1. The summed E-state index contributed by atoms with van der Waals surface area (Å²) in [4.78, 5) is 14.1. The Morgan fingerprint density at radius 3 is 2.90 bits per heavy atom. The van der Waals surface area contributed by atoms with Crippen molar-refractivity contribution < 1.29 is 4.79 Å². The molecule has 0 spiro atoms. The van der Waals surface area contributed by atoms with Gasteiger partial charge in [-0.1, -0.05) is 36.4 Å². The van der Waals surface area contributed by atoms with Crippen LogP contribution in [0.25, 0.3) is 0 Å². The molecule has 108 valence electrons. The van der Waals surface area contributed by atoms with E-state index < -0.39 is 0 Å². The number of carbonyl (C=O) groups excluding carboxylic acids is 1. The number of rotatable bonds is 6. The second-order valence-electron chi connectivity index (χ2n) is 5.70. The summed E-state index contributed by atoms with van der Waals surface area (Å²) in [5, 5.41) is 0. The second kappa shape index (κ2) is 7.88. The van der Waals surface area contributed by atoms with Gasteiger partial charge in [-0.05, 0) is 43.6 Å². The van der Waals surface area contributed by atoms with Crippen LogP contribution in [0.5, 0.6) is 0 Å². The van der Waals surface area contributed by atoms with Crippen LogP contribution in [0.2, 0.25) is 0 Å². The number of carbonyl (C=O) groups is 1. The van der Waals surface area contributed by atoms with E-state index in [-0.39, 0.29) is 0 Å². The molecule has 1 aliphatic rings. The molecule has 1 aliphatic heterocycles. The highest BCUT2D eigenvalue weighted by Gasteiger charge is 2.22. The van der Waals surface area contributed by atoms with E-state index in [0.29, 0.717) is 18.2 Å². The number of hydrogen-bond donors (Lipinski definition) is 0. The second-order valence-corrected chi connectivity index (χ2v) is 5.70. The Hall–Kier alpha value is -1.57. The van der Waals surface area contributed by atoms with Crippen molar-refractivity contribution in [2.45, 2.75) is 38.5 Å². The summed E-state index contributed by atoms with van der Waals surface area (Å²) in [5.74, 6) is 0.964. The molecule has 0 aliphatic carbocycles. The SMILES string of the molecule is C=CCCC(=O)N1CCCC(CCc2ccccc2)C1. The standard InChI is InChI=1S/C18H25NO/c1-2-3-11-18(20)19-14-7-10-17(15-19)13-12-16-8-5-4-6-9-16/h2,4-6,8-9,17H,1,3,7,10-15H2. The number of likely N-dealkylation sites (tertiary alicyclic amines) is 1. The molecule has 0 N–H and O–H groups in total. The van der Waals surface area contributed by atoms with Crippen LogP contribution in [0, 0.1) is 5.92 Å². The summed E-state index contributed by atoms with van der Waals surface area (Å²) < 4.78 is 0. The molecule has 20 heavy (non-hydrogen) atoms.